The number of para-hydroxylation sites is 1. The standard InChI is InChI=1S/C26H22N2O5S/c1-4-33-25(30)21-15(2)22(26(31)32-3)34-24(21)28-23(29)18-14-20(16-10-6-5-7-11-16)27-19-13-9-8-12-17(18)19/h5-14H,4H2,1-3H3,(H,28,29). The Bertz CT molecular complexity index is 1400. The van der Waals surface area contributed by atoms with Crippen molar-refractivity contribution in [1.82, 2.24) is 4.98 Å². The summed E-state index contributed by atoms with van der Waals surface area (Å²) in [6.45, 7) is 3.47. The predicted molar refractivity (Wildman–Crippen MR) is 131 cm³/mol. The maximum Gasteiger partial charge on any atom is 0.348 e. The minimum Gasteiger partial charge on any atom is -0.465 e. The Morgan fingerprint density at radius 2 is 1.71 bits per heavy atom. The summed E-state index contributed by atoms with van der Waals surface area (Å²) in [4.78, 5) is 43.3. The number of anilines is 1. The summed E-state index contributed by atoms with van der Waals surface area (Å²) < 4.78 is 10.0. The molecule has 4 rings (SSSR count). The number of nitrogens with one attached hydrogen (secondary N) is 1. The Kier molecular flexibility index (Phi) is 6.70. The number of benzene rings is 2. The number of pyridine rings is 1. The number of esters is 2. The number of hydrogen-bond acceptors (Lipinski definition) is 7. The van der Waals surface area contributed by atoms with E-state index in [4.69, 9.17) is 14.5 Å². The fourth-order valence-corrected chi connectivity index (χ4v) is 4.74. The molecule has 0 radical (unpaired) electrons. The highest BCUT2D eigenvalue weighted by Gasteiger charge is 2.27. The normalized spacial score (nSPS) is 10.7. The molecular weight excluding hydrogens is 452 g/mol. The highest BCUT2D eigenvalue weighted by Crippen LogP contribution is 2.35. The molecule has 0 saturated heterocycles. The maximum atomic E-state index is 13.5. The van der Waals surface area contributed by atoms with Gasteiger partial charge in [0.25, 0.3) is 5.91 Å². The molecule has 1 amide bonds. The first kappa shape index (κ1) is 23.1. The van der Waals surface area contributed by atoms with Gasteiger partial charge in [-0.3, -0.25) is 4.79 Å². The summed E-state index contributed by atoms with van der Waals surface area (Å²) in [6.07, 6.45) is 0. The molecule has 2 heterocycles. The lowest BCUT2D eigenvalue weighted by Gasteiger charge is -2.11. The number of amides is 1. The lowest BCUT2D eigenvalue weighted by atomic mass is 10.0. The molecule has 0 fully saturated rings. The Morgan fingerprint density at radius 3 is 2.41 bits per heavy atom. The van der Waals surface area contributed by atoms with E-state index in [0.29, 0.717) is 27.7 Å². The Hall–Kier alpha value is -4.04. The van der Waals surface area contributed by atoms with Crippen LogP contribution in [0.2, 0.25) is 0 Å². The first-order valence-corrected chi connectivity index (χ1v) is 11.4. The molecule has 172 valence electrons. The van der Waals surface area contributed by atoms with Gasteiger partial charge in [-0.2, -0.15) is 0 Å². The predicted octanol–water partition coefficient (Wildman–Crippen LogP) is 5.49. The molecule has 34 heavy (non-hydrogen) atoms. The largest absolute Gasteiger partial charge is 0.465 e. The van der Waals surface area contributed by atoms with E-state index in [1.54, 1.807) is 19.9 Å². The maximum absolute atomic E-state index is 13.5. The molecule has 1 N–H and O–H groups in total. The number of aromatic nitrogens is 1. The minimum absolute atomic E-state index is 0.141. The average Bonchev–Trinajstić information content (AvgIpc) is 3.18. The Morgan fingerprint density at radius 1 is 1.00 bits per heavy atom. The summed E-state index contributed by atoms with van der Waals surface area (Å²) >= 11 is 0.979. The summed E-state index contributed by atoms with van der Waals surface area (Å²) in [5.41, 5.74) is 3.11. The van der Waals surface area contributed by atoms with Crippen molar-refractivity contribution in [3.05, 3.63) is 82.2 Å². The van der Waals surface area contributed by atoms with Gasteiger partial charge in [-0.1, -0.05) is 48.5 Å². The van der Waals surface area contributed by atoms with Gasteiger partial charge < -0.3 is 14.8 Å². The lowest BCUT2D eigenvalue weighted by molar-refractivity contribution is 0.0527. The molecule has 0 unspecified atom stereocenters. The van der Waals surface area contributed by atoms with E-state index in [1.165, 1.54) is 7.11 Å². The minimum atomic E-state index is -0.619. The van der Waals surface area contributed by atoms with Crippen molar-refractivity contribution in [1.29, 1.82) is 0 Å². The summed E-state index contributed by atoms with van der Waals surface area (Å²) in [7, 11) is 1.26. The van der Waals surface area contributed by atoms with Crippen LogP contribution >= 0.6 is 11.3 Å². The van der Waals surface area contributed by atoms with Gasteiger partial charge in [-0.05, 0) is 31.5 Å². The van der Waals surface area contributed by atoms with Crippen molar-refractivity contribution in [3.8, 4) is 11.3 Å². The van der Waals surface area contributed by atoms with Gasteiger partial charge in [0, 0.05) is 10.9 Å². The number of fused-ring (bicyclic) bond motifs is 1. The number of methoxy groups -OCH3 is 1. The molecule has 0 aliphatic heterocycles. The number of carbonyl (C=O) groups excluding carboxylic acids is 3. The Balaban J connectivity index is 1.81. The molecule has 2 aromatic heterocycles. The molecule has 0 aliphatic carbocycles. The number of rotatable bonds is 6. The van der Waals surface area contributed by atoms with Crippen molar-refractivity contribution < 1.29 is 23.9 Å². The smallest absolute Gasteiger partial charge is 0.348 e. The van der Waals surface area contributed by atoms with Gasteiger partial charge in [0.15, 0.2) is 0 Å². The third-order valence-electron chi connectivity index (χ3n) is 5.25. The van der Waals surface area contributed by atoms with Crippen LogP contribution in [0.25, 0.3) is 22.2 Å². The zero-order valence-electron chi connectivity index (χ0n) is 18.9. The van der Waals surface area contributed by atoms with Crippen molar-refractivity contribution in [2.75, 3.05) is 19.0 Å². The van der Waals surface area contributed by atoms with Crippen LogP contribution in [0.15, 0.2) is 60.7 Å². The number of hydrogen-bond donors (Lipinski definition) is 1. The number of thiophene rings is 1. The number of nitrogens with zero attached hydrogens (tertiary/aromatic N) is 1. The monoisotopic (exact) mass is 474 g/mol. The molecule has 0 spiro atoms. The van der Waals surface area contributed by atoms with Crippen LogP contribution in [-0.4, -0.2) is 36.5 Å². The van der Waals surface area contributed by atoms with Gasteiger partial charge in [-0.15, -0.1) is 11.3 Å². The number of ether oxygens (including phenoxy) is 2. The van der Waals surface area contributed by atoms with Crippen LogP contribution in [0.5, 0.6) is 0 Å². The van der Waals surface area contributed by atoms with E-state index in [0.717, 1.165) is 16.9 Å². The molecule has 0 bridgehead atoms. The summed E-state index contributed by atoms with van der Waals surface area (Å²) in [5.74, 6) is -1.64. The molecule has 0 aliphatic rings. The molecular formula is C26H22N2O5S. The second-order valence-electron chi connectivity index (χ2n) is 7.36. The zero-order valence-corrected chi connectivity index (χ0v) is 19.7. The molecule has 7 nitrogen and oxygen atoms in total. The van der Waals surface area contributed by atoms with Crippen LogP contribution in [0.4, 0.5) is 5.00 Å². The zero-order chi connectivity index (χ0) is 24.2. The fraction of sp³-hybridized carbons (Fsp3) is 0.154. The Labute approximate surface area is 200 Å². The second-order valence-corrected chi connectivity index (χ2v) is 8.39. The van der Waals surface area contributed by atoms with Gasteiger partial charge in [0.2, 0.25) is 0 Å². The quantitative estimate of drug-likeness (QED) is 0.372. The van der Waals surface area contributed by atoms with E-state index in [-0.39, 0.29) is 22.0 Å². The van der Waals surface area contributed by atoms with Crippen LogP contribution < -0.4 is 5.32 Å². The van der Waals surface area contributed by atoms with Gasteiger partial charge in [0.1, 0.15) is 9.88 Å². The highest BCUT2D eigenvalue weighted by atomic mass is 32.1. The van der Waals surface area contributed by atoms with Gasteiger partial charge in [-0.25, -0.2) is 14.6 Å². The third kappa shape index (κ3) is 4.40. The van der Waals surface area contributed by atoms with Crippen LogP contribution in [0.3, 0.4) is 0 Å². The lowest BCUT2D eigenvalue weighted by Crippen LogP contribution is -2.15. The molecule has 2 aromatic carbocycles. The van der Waals surface area contributed by atoms with Crippen molar-refractivity contribution >= 4 is 45.1 Å². The van der Waals surface area contributed by atoms with E-state index in [9.17, 15) is 14.4 Å². The first-order valence-electron chi connectivity index (χ1n) is 10.6. The van der Waals surface area contributed by atoms with E-state index in [1.807, 2.05) is 54.6 Å². The molecule has 0 atom stereocenters. The van der Waals surface area contributed by atoms with Crippen molar-refractivity contribution in [3.63, 3.8) is 0 Å². The highest BCUT2D eigenvalue weighted by molar-refractivity contribution is 7.18. The third-order valence-corrected chi connectivity index (χ3v) is 6.44. The topological polar surface area (TPSA) is 94.6 Å². The average molecular weight is 475 g/mol. The molecule has 4 aromatic rings. The number of carbonyl (C=O) groups is 3. The van der Waals surface area contributed by atoms with E-state index < -0.39 is 17.8 Å². The van der Waals surface area contributed by atoms with Crippen molar-refractivity contribution in [2.24, 2.45) is 0 Å². The van der Waals surface area contributed by atoms with Crippen LogP contribution in [0, 0.1) is 6.92 Å². The fourth-order valence-electron chi connectivity index (χ4n) is 3.63. The first-order chi connectivity index (χ1) is 16.4. The summed E-state index contributed by atoms with van der Waals surface area (Å²) in [6, 6.07) is 18.6. The molecule has 0 saturated carbocycles. The van der Waals surface area contributed by atoms with Gasteiger partial charge in [0.05, 0.1) is 36.1 Å². The summed E-state index contributed by atoms with van der Waals surface area (Å²) in [5, 5.41) is 3.71. The SMILES string of the molecule is CCOC(=O)c1c(NC(=O)c2cc(-c3ccccc3)nc3ccccc23)sc(C(=O)OC)c1C. The van der Waals surface area contributed by atoms with Crippen molar-refractivity contribution in [2.45, 2.75) is 13.8 Å². The second kappa shape index (κ2) is 9.84. The van der Waals surface area contributed by atoms with E-state index in [2.05, 4.69) is 5.32 Å². The van der Waals surface area contributed by atoms with Gasteiger partial charge >= 0.3 is 11.9 Å². The van der Waals surface area contributed by atoms with Crippen LogP contribution in [-0.2, 0) is 9.47 Å². The van der Waals surface area contributed by atoms with Crippen LogP contribution in [0.1, 0.15) is 42.9 Å². The van der Waals surface area contributed by atoms with E-state index >= 15 is 0 Å². The molecule has 8 heteroatoms.